The number of amides is 1. The van der Waals surface area contributed by atoms with Gasteiger partial charge in [-0.2, -0.15) is 0 Å². The number of hydrogen-bond donors (Lipinski definition) is 1. The summed E-state index contributed by atoms with van der Waals surface area (Å²) in [6.07, 6.45) is 5.78. The molecule has 3 aromatic rings. The third kappa shape index (κ3) is 3.65. The molecule has 5 rings (SSSR count). The van der Waals surface area contributed by atoms with Gasteiger partial charge in [-0.15, -0.1) is 0 Å². The van der Waals surface area contributed by atoms with Gasteiger partial charge in [0.2, 0.25) is 0 Å². The van der Waals surface area contributed by atoms with Crippen LogP contribution in [0.1, 0.15) is 54.2 Å². The summed E-state index contributed by atoms with van der Waals surface area (Å²) in [5.41, 5.74) is 4.73. The van der Waals surface area contributed by atoms with Crippen molar-refractivity contribution < 1.29 is 4.79 Å². The van der Waals surface area contributed by atoms with Crippen molar-refractivity contribution in [3.05, 3.63) is 71.4 Å². The topological polar surface area (TPSA) is 39.3 Å². The minimum absolute atomic E-state index is 0.142. The largest absolute Gasteiger partial charge is 0.351 e. The van der Waals surface area contributed by atoms with E-state index in [-0.39, 0.29) is 5.91 Å². The van der Waals surface area contributed by atoms with Crippen LogP contribution in [0.25, 0.3) is 10.9 Å². The van der Waals surface area contributed by atoms with Crippen molar-refractivity contribution in [3.8, 4) is 0 Å². The maximum Gasteiger partial charge on any atom is 0.270 e. The standard InChI is InChI=1S/C26H31N3O/c1-2-29(26(30)25-16-20-9-5-6-13-24(20)27-25)23-12-7-11-22(17-23)28-15-14-19-8-3-4-10-21(19)18-28/h3-6,8-10,13,16,22-23,27H,2,7,11-12,14-15,17-18H2,1H3/t22?,23-/m0/s1. The minimum atomic E-state index is 0.142. The van der Waals surface area contributed by atoms with E-state index in [2.05, 4.69) is 52.0 Å². The molecule has 1 saturated carbocycles. The second-order valence-electron chi connectivity index (χ2n) is 8.82. The van der Waals surface area contributed by atoms with Crippen molar-refractivity contribution in [1.29, 1.82) is 0 Å². The summed E-state index contributed by atoms with van der Waals surface area (Å²) in [6, 6.07) is 19.9. The minimum Gasteiger partial charge on any atom is -0.351 e. The van der Waals surface area contributed by atoms with Gasteiger partial charge in [0.25, 0.3) is 5.91 Å². The highest BCUT2D eigenvalue weighted by Crippen LogP contribution is 2.31. The molecule has 4 nitrogen and oxygen atoms in total. The third-order valence-electron chi connectivity index (χ3n) is 7.10. The highest BCUT2D eigenvalue weighted by Gasteiger charge is 2.33. The molecule has 1 amide bonds. The zero-order valence-corrected chi connectivity index (χ0v) is 17.8. The van der Waals surface area contributed by atoms with E-state index in [9.17, 15) is 4.79 Å². The number of para-hydroxylation sites is 1. The normalized spacial score (nSPS) is 22.0. The number of benzene rings is 2. The first-order valence-electron chi connectivity index (χ1n) is 11.4. The van der Waals surface area contributed by atoms with E-state index < -0.39 is 0 Å². The van der Waals surface area contributed by atoms with Crippen LogP contribution < -0.4 is 0 Å². The van der Waals surface area contributed by atoms with Gasteiger partial charge in [0.05, 0.1) is 0 Å². The number of H-pyrrole nitrogens is 1. The van der Waals surface area contributed by atoms with Crippen LogP contribution in [-0.2, 0) is 13.0 Å². The Morgan fingerprint density at radius 2 is 1.90 bits per heavy atom. The molecular formula is C26H31N3O. The molecule has 2 atom stereocenters. The second kappa shape index (κ2) is 8.27. The molecular weight excluding hydrogens is 370 g/mol. The summed E-state index contributed by atoms with van der Waals surface area (Å²) < 4.78 is 0. The van der Waals surface area contributed by atoms with E-state index in [1.54, 1.807) is 0 Å². The molecule has 2 aromatic carbocycles. The number of carbonyl (C=O) groups is 1. The molecule has 156 valence electrons. The average Bonchev–Trinajstić information content (AvgIpc) is 3.24. The van der Waals surface area contributed by atoms with Crippen molar-refractivity contribution in [3.63, 3.8) is 0 Å². The van der Waals surface area contributed by atoms with Crippen LogP contribution in [0.3, 0.4) is 0 Å². The maximum absolute atomic E-state index is 13.4. The molecule has 0 saturated heterocycles. The smallest absolute Gasteiger partial charge is 0.270 e. The van der Waals surface area contributed by atoms with E-state index in [0.717, 1.165) is 49.8 Å². The Kier molecular flexibility index (Phi) is 5.34. The molecule has 1 aromatic heterocycles. The molecule has 1 unspecified atom stereocenters. The zero-order chi connectivity index (χ0) is 20.5. The predicted octanol–water partition coefficient (Wildman–Crippen LogP) is 5.00. The third-order valence-corrected chi connectivity index (χ3v) is 7.10. The first-order valence-corrected chi connectivity index (χ1v) is 11.4. The van der Waals surface area contributed by atoms with Gasteiger partial charge in [-0.25, -0.2) is 0 Å². The van der Waals surface area contributed by atoms with Crippen molar-refractivity contribution in [1.82, 2.24) is 14.8 Å². The maximum atomic E-state index is 13.4. The molecule has 0 spiro atoms. The van der Waals surface area contributed by atoms with Crippen molar-refractivity contribution >= 4 is 16.8 Å². The Morgan fingerprint density at radius 3 is 2.73 bits per heavy atom. The lowest BCUT2D eigenvalue weighted by molar-refractivity contribution is 0.0516. The second-order valence-corrected chi connectivity index (χ2v) is 8.82. The predicted molar refractivity (Wildman–Crippen MR) is 122 cm³/mol. The van der Waals surface area contributed by atoms with Gasteiger partial charge in [-0.1, -0.05) is 42.5 Å². The van der Waals surface area contributed by atoms with Crippen LogP contribution in [0.2, 0.25) is 0 Å². The number of aromatic amines is 1. The molecule has 1 N–H and O–H groups in total. The summed E-state index contributed by atoms with van der Waals surface area (Å²) in [5.74, 6) is 0.142. The monoisotopic (exact) mass is 401 g/mol. The van der Waals surface area contributed by atoms with Crippen molar-refractivity contribution in [2.24, 2.45) is 0 Å². The summed E-state index contributed by atoms with van der Waals surface area (Å²) >= 11 is 0. The highest BCUT2D eigenvalue weighted by atomic mass is 16.2. The van der Waals surface area contributed by atoms with Crippen LogP contribution in [0, 0.1) is 0 Å². The van der Waals surface area contributed by atoms with Crippen molar-refractivity contribution in [2.45, 2.75) is 57.7 Å². The molecule has 2 aliphatic rings. The van der Waals surface area contributed by atoms with Crippen LogP contribution in [0.4, 0.5) is 0 Å². The molecule has 30 heavy (non-hydrogen) atoms. The van der Waals surface area contributed by atoms with Crippen molar-refractivity contribution in [2.75, 3.05) is 13.1 Å². The molecule has 1 aliphatic carbocycles. The van der Waals surface area contributed by atoms with Gasteiger partial charge in [0.1, 0.15) is 5.69 Å². The molecule has 0 radical (unpaired) electrons. The first-order chi connectivity index (χ1) is 14.7. The van der Waals surface area contributed by atoms with Crippen LogP contribution >= 0.6 is 0 Å². The molecule has 0 bridgehead atoms. The number of aromatic nitrogens is 1. The number of rotatable bonds is 4. The number of nitrogens with one attached hydrogen (secondary N) is 1. The summed E-state index contributed by atoms with van der Waals surface area (Å²) in [6.45, 7) is 5.06. The van der Waals surface area contributed by atoms with E-state index in [0.29, 0.717) is 17.8 Å². The fourth-order valence-electron chi connectivity index (χ4n) is 5.49. The number of carbonyl (C=O) groups excluding carboxylic acids is 1. The Labute approximate surface area is 178 Å². The first kappa shape index (κ1) is 19.4. The molecule has 2 heterocycles. The fourth-order valence-corrected chi connectivity index (χ4v) is 5.49. The van der Waals surface area contributed by atoms with E-state index in [1.165, 1.54) is 24.0 Å². The summed E-state index contributed by atoms with van der Waals surface area (Å²) in [7, 11) is 0. The molecule has 1 aliphatic heterocycles. The van der Waals surface area contributed by atoms with Crippen LogP contribution in [0.5, 0.6) is 0 Å². The summed E-state index contributed by atoms with van der Waals surface area (Å²) in [5, 5.41) is 1.10. The fraction of sp³-hybridized carbons (Fsp3) is 0.423. The number of fused-ring (bicyclic) bond motifs is 2. The summed E-state index contributed by atoms with van der Waals surface area (Å²) in [4.78, 5) is 21.5. The Hall–Kier alpha value is -2.59. The van der Waals surface area contributed by atoms with Gasteiger partial charge in [-0.05, 0) is 62.3 Å². The van der Waals surface area contributed by atoms with Crippen LogP contribution in [0.15, 0.2) is 54.6 Å². The lowest BCUT2D eigenvalue weighted by Crippen LogP contribution is -2.49. The number of hydrogen-bond acceptors (Lipinski definition) is 2. The number of nitrogens with zero attached hydrogens (tertiary/aromatic N) is 2. The average molecular weight is 402 g/mol. The van der Waals surface area contributed by atoms with E-state index >= 15 is 0 Å². The zero-order valence-electron chi connectivity index (χ0n) is 17.8. The Morgan fingerprint density at radius 1 is 1.10 bits per heavy atom. The Bertz CT molecular complexity index is 1010. The van der Waals surface area contributed by atoms with Crippen LogP contribution in [-0.4, -0.2) is 45.9 Å². The SMILES string of the molecule is CCN(C(=O)c1cc2ccccc2[nH]1)[C@H]1CCCC(N2CCc3ccccc3C2)C1. The van der Waals surface area contributed by atoms with E-state index in [1.807, 2.05) is 24.3 Å². The Balaban J connectivity index is 1.31. The van der Waals surface area contributed by atoms with Gasteiger partial charge in [0.15, 0.2) is 0 Å². The van der Waals surface area contributed by atoms with Gasteiger partial charge < -0.3 is 9.88 Å². The van der Waals surface area contributed by atoms with Gasteiger partial charge in [-0.3, -0.25) is 9.69 Å². The van der Waals surface area contributed by atoms with Gasteiger partial charge in [0, 0.05) is 42.6 Å². The highest BCUT2D eigenvalue weighted by molar-refractivity contribution is 5.98. The van der Waals surface area contributed by atoms with Gasteiger partial charge >= 0.3 is 0 Å². The quantitative estimate of drug-likeness (QED) is 0.668. The van der Waals surface area contributed by atoms with E-state index in [4.69, 9.17) is 0 Å². The molecule has 4 heteroatoms. The lowest BCUT2D eigenvalue weighted by atomic mass is 9.87. The molecule has 1 fully saturated rings. The lowest BCUT2D eigenvalue weighted by Gasteiger charge is -2.43.